The number of benzene rings is 2. The largest absolute Gasteiger partial charge is 0.465 e. The molecule has 33 heavy (non-hydrogen) atoms. The van der Waals surface area contributed by atoms with Gasteiger partial charge in [-0.3, -0.25) is 9.69 Å². The van der Waals surface area contributed by atoms with Gasteiger partial charge < -0.3 is 10.1 Å². The Morgan fingerprint density at radius 1 is 1.00 bits per heavy atom. The molecule has 2 aliphatic carbocycles. The quantitative estimate of drug-likeness (QED) is 0.632. The summed E-state index contributed by atoms with van der Waals surface area (Å²) in [5.74, 6) is -0.265. The number of nitrogens with one attached hydrogen (secondary N) is 1. The maximum absolute atomic E-state index is 13.6. The van der Waals surface area contributed by atoms with Crippen LogP contribution in [0.3, 0.4) is 0 Å². The van der Waals surface area contributed by atoms with Gasteiger partial charge in [0.25, 0.3) is 0 Å². The number of ether oxygens (including phenoxy) is 1. The predicted octanol–water partition coefficient (Wildman–Crippen LogP) is 4.49. The average Bonchev–Trinajstić information content (AvgIpc) is 3.78. The molecule has 1 atom stereocenters. The number of halogens is 1. The third-order valence-electron chi connectivity index (χ3n) is 7.79. The molecule has 1 spiro atoms. The molecular formula is C27H31FN2O3. The first-order chi connectivity index (χ1) is 16.0. The van der Waals surface area contributed by atoms with E-state index < -0.39 is 6.67 Å². The monoisotopic (exact) mass is 450 g/mol. The van der Waals surface area contributed by atoms with E-state index >= 15 is 0 Å². The van der Waals surface area contributed by atoms with E-state index in [0.717, 1.165) is 43.4 Å². The maximum Gasteiger partial charge on any atom is 0.337 e. The Hall–Kier alpha value is -2.73. The number of hydrogen-bond acceptors (Lipinski definition) is 4. The summed E-state index contributed by atoms with van der Waals surface area (Å²) in [4.78, 5) is 27.6. The van der Waals surface area contributed by atoms with Crippen LogP contribution in [-0.4, -0.2) is 36.5 Å². The lowest BCUT2D eigenvalue weighted by atomic mass is 9.86. The molecule has 3 fully saturated rings. The van der Waals surface area contributed by atoms with Crippen LogP contribution >= 0.6 is 0 Å². The first kappa shape index (κ1) is 22.1. The van der Waals surface area contributed by atoms with E-state index in [-0.39, 0.29) is 23.5 Å². The van der Waals surface area contributed by atoms with Gasteiger partial charge in [-0.15, -0.1) is 0 Å². The molecule has 1 saturated heterocycles. The number of hydrogen-bond donors (Lipinski definition) is 1. The van der Waals surface area contributed by atoms with E-state index in [1.165, 1.54) is 20.0 Å². The zero-order valence-corrected chi connectivity index (χ0v) is 19.1. The number of nitrogens with zero attached hydrogens (tertiary/aromatic N) is 1. The minimum Gasteiger partial charge on any atom is -0.465 e. The van der Waals surface area contributed by atoms with E-state index in [2.05, 4.69) is 10.2 Å². The molecule has 0 aromatic heterocycles. The van der Waals surface area contributed by atoms with Crippen LogP contribution in [0.2, 0.25) is 0 Å². The minimum atomic E-state index is -0.458. The molecule has 1 aliphatic heterocycles. The summed E-state index contributed by atoms with van der Waals surface area (Å²) < 4.78 is 17.7. The fourth-order valence-electron chi connectivity index (χ4n) is 5.20. The van der Waals surface area contributed by atoms with Crippen LogP contribution in [0.5, 0.6) is 0 Å². The van der Waals surface area contributed by atoms with Gasteiger partial charge in [0.1, 0.15) is 6.67 Å². The van der Waals surface area contributed by atoms with Gasteiger partial charge in [-0.05, 0) is 79.3 Å². The SMILES string of the molecule is COC(=O)c1ccc(C2(NC(=O)C3CC4(CCN3Cc3ccc(CF)cc3)CC4)CC2)cc1. The summed E-state index contributed by atoms with van der Waals surface area (Å²) in [5.41, 5.74) is 3.34. The molecule has 5 nitrogen and oxygen atoms in total. The number of esters is 1. The fraction of sp³-hybridized carbons (Fsp3) is 0.481. The first-order valence-electron chi connectivity index (χ1n) is 11.8. The normalized spacial score (nSPS) is 22.5. The topological polar surface area (TPSA) is 58.6 Å². The van der Waals surface area contributed by atoms with Gasteiger partial charge in [-0.25, -0.2) is 9.18 Å². The first-order valence-corrected chi connectivity index (χ1v) is 11.8. The van der Waals surface area contributed by atoms with Gasteiger partial charge in [-0.1, -0.05) is 36.4 Å². The summed E-state index contributed by atoms with van der Waals surface area (Å²) in [5, 5.41) is 3.37. The van der Waals surface area contributed by atoms with Crippen LogP contribution in [0.15, 0.2) is 48.5 Å². The number of carbonyl (C=O) groups excluding carboxylic acids is 2. The fourth-order valence-corrected chi connectivity index (χ4v) is 5.20. The Bertz CT molecular complexity index is 1030. The van der Waals surface area contributed by atoms with Crippen molar-refractivity contribution in [2.24, 2.45) is 5.41 Å². The van der Waals surface area contributed by atoms with Crippen molar-refractivity contribution in [1.82, 2.24) is 10.2 Å². The smallest absolute Gasteiger partial charge is 0.337 e. The van der Waals surface area contributed by atoms with Crippen molar-refractivity contribution in [3.8, 4) is 0 Å². The number of rotatable bonds is 7. The van der Waals surface area contributed by atoms with E-state index in [9.17, 15) is 14.0 Å². The summed E-state index contributed by atoms with van der Waals surface area (Å²) in [6.07, 6.45) is 6.28. The van der Waals surface area contributed by atoms with E-state index in [1.54, 1.807) is 12.1 Å². The van der Waals surface area contributed by atoms with Gasteiger partial charge in [0.2, 0.25) is 5.91 Å². The van der Waals surface area contributed by atoms with Crippen LogP contribution in [0, 0.1) is 5.41 Å². The van der Waals surface area contributed by atoms with Crippen LogP contribution in [0.4, 0.5) is 4.39 Å². The minimum absolute atomic E-state index is 0.0934. The molecule has 0 bridgehead atoms. The molecule has 1 unspecified atom stereocenters. The number of alkyl halides is 1. The van der Waals surface area contributed by atoms with Crippen molar-refractivity contribution >= 4 is 11.9 Å². The Kier molecular flexibility index (Phi) is 5.73. The van der Waals surface area contributed by atoms with Gasteiger partial charge in [0.15, 0.2) is 0 Å². The maximum atomic E-state index is 13.6. The molecule has 3 aliphatic rings. The second kappa shape index (κ2) is 8.56. The van der Waals surface area contributed by atoms with E-state index in [4.69, 9.17) is 4.74 Å². The summed E-state index contributed by atoms with van der Waals surface area (Å²) >= 11 is 0. The molecule has 1 heterocycles. The lowest BCUT2D eigenvalue weighted by Crippen LogP contribution is -2.53. The Labute approximate surface area is 194 Å². The standard InChI is InChI=1S/C27H31FN2O3/c1-33-25(32)21-6-8-22(9-7-21)27(12-13-27)29-24(31)23-16-26(10-11-26)14-15-30(23)18-20-4-2-19(17-28)3-5-20/h2-9,23H,10-18H2,1H3,(H,29,31). The molecule has 174 valence electrons. The van der Waals surface area contributed by atoms with Crippen LogP contribution < -0.4 is 5.32 Å². The zero-order chi connectivity index (χ0) is 23.1. The average molecular weight is 451 g/mol. The highest BCUT2D eigenvalue weighted by Gasteiger charge is 2.52. The second-order valence-corrected chi connectivity index (χ2v) is 10.0. The molecule has 5 rings (SSSR count). The van der Waals surface area contributed by atoms with E-state index in [0.29, 0.717) is 23.1 Å². The highest BCUT2D eigenvalue weighted by Crippen LogP contribution is 2.55. The van der Waals surface area contributed by atoms with E-state index in [1.807, 2.05) is 36.4 Å². The molecule has 2 aromatic carbocycles. The molecule has 0 radical (unpaired) electrons. The Balaban J connectivity index is 1.30. The molecular weight excluding hydrogens is 419 g/mol. The molecule has 1 amide bonds. The third kappa shape index (κ3) is 4.54. The summed E-state index contributed by atoms with van der Waals surface area (Å²) in [6, 6.07) is 14.8. The highest BCUT2D eigenvalue weighted by atomic mass is 19.1. The molecule has 6 heteroatoms. The predicted molar refractivity (Wildman–Crippen MR) is 123 cm³/mol. The zero-order valence-electron chi connectivity index (χ0n) is 19.1. The van der Waals surface area contributed by atoms with Gasteiger partial charge in [0.05, 0.1) is 24.3 Å². The van der Waals surface area contributed by atoms with Gasteiger partial charge >= 0.3 is 5.97 Å². The van der Waals surface area contributed by atoms with Gasteiger partial charge in [-0.2, -0.15) is 0 Å². The lowest BCUT2D eigenvalue weighted by Gasteiger charge is -2.39. The van der Waals surface area contributed by atoms with Crippen LogP contribution in [0.25, 0.3) is 0 Å². The Morgan fingerprint density at radius 2 is 1.67 bits per heavy atom. The summed E-state index contributed by atoms with van der Waals surface area (Å²) in [6.45, 7) is 1.14. The third-order valence-corrected chi connectivity index (χ3v) is 7.79. The number of amides is 1. The number of piperidine rings is 1. The second-order valence-electron chi connectivity index (χ2n) is 10.0. The summed E-state index contributed by atoms with van der Waals surface area (Å²) in [7, 11) is 1.37. The Morgan fingerprint density at radius 3 is 2.24 bits per heavy atom. The van der Waals surface area contributed by atoms with Crippen molar-refractivity contribution in [3.63, 3.8) is 0 Å². The number of carbonyl (C=O) groups is 2. The lowest BCUT2D eigenvalue weighted by molar-refractivity contribution is -0.130. The number of likely N-dealkylation sites (tertiary alicyclic amines) is 1. The van der Waals surface area contributed by atoms with Gasteiger partial charge in [0, 0.05) is 6.54 Å². The van der Waals surface area contributed by atoms with Crippen molar-refractivity contribution in [2.45, 2.75) is 63.3 Å². The van der Waals surface area contributed by atoms with Crippen molar-refractivity contribution in [2.75, 3.05) is 13.7 Å². The number of methoxy groups -OCH3 is 1. The molecule has 2 saturated carbocycles. The highest BCUT2D eigenvalue weighted by molar-refractivity contribution is 5.89. The van der Waals surface area contributed by atoms with Crippen LogP contribution in [0.1, 0.15) is 65.6 Å². The van der Waals surface area contributed by atoms with Crippen molar-refractivity contribution < 1.29 is 18.7 Å². The van der Waals surface area contributed by atoms with Crippen molar-refractivity contribution in [3.05, 3.63) is 70.8 Å². The molecule has 2 aromatic rings. The van der Waals surface area contributed by atoms with Crippen molar-refractivity contribution in [1.29, 1.82) is 0 Å². The van der Waals surface area contributed by atoms with Crippen LogP contribution in [-0.2, 0) is 28.3 Å². The molecule has 1 N–H and O–H groups in total.